The lowest BCUT2D eigenvalue weighted by atomic mass is 9.74. The Bertz CT molecular complexity index is 602. The van der Waals surface area contributed by atoms with Gasteiger partial charge in [-0.05, 0) is 42.4 Å². The topological polar surface area (TPSA) is 9.23 Å². The third-order valence-electron chi connectivity index (χ3n) is 4.64. The monoisotopic (exact) mass is 250 g/mol. The largest absolute Gasteiger partial charge is 0.493 e. The summed E-state index contributed by atoms with van der Waals surface area (Å²) in [7, 11) is 0. The number of para-hydroxylation sites is 1. The van der Waals surface area contributed by atoms with Crippen molar-refractivity contribution in [2.45, 2.75) is 31.1 Å². The van der Waals surface area contributed by atoms with Gasteiger partial charge in [0.2, 0.25) is 0 Å². The Morgan fingerprint density at radius 3 is 2.58 bits per heavy atom. The molecule has 0 radical (unpaired) electrons. The van der Waals surface area contributed by atoms with Crippen LogP contribution in [0.5, 0.6) is 5.75 Å². The maximum absolute atomic E-state index is 5.88. The molecule has 1 aliphatic carbocycles. The zero-order valence-electron chi connectivity index (χ0n) is 11.0. The van der Waals surface area contributed by atoms with Crippen LogP contribution in [-0.2, 0) is 6.42 Å². The predicted octanol–water partition coefficient (Wildman–Crippen LogP) is 4.28. The molecular formula is C18H18O. The lowest BCUT2D eigenvalue weighted by Gasteiger charge is -2.29. The van der Waals surface area contributed by atoms with Gasteiger partial charge in [0, 0.05) is 11.5 Å². The Hall–Kier alpha value is -1.76. The zero-order chi connectivity index (χ0) is 12.7. The van der Waals surface area contributed by atoms with E-state index in [2.05, 4.69) is 48.5 Å². The third kappa shape index (κ3) is 1.76. The van der Waals surface area contributed by atoms with Crippen LogP contribution in [0.3, 0.4) is 0 Å². The van der Waals surface area contributed by atoms with Gasteiger partial charge in [-0.3, -0.25) is 0 Å². The molecule has 19 heavy (non-hydrogen) atoms. The molecule has 1 nitrogen and oxygen atoms in total. The van der Waals surface area contributed by atoms with E-state index in [4.69, 9.17) is 4.74 Å². The second kappa shape index (κ2) is 4.41. The summed E-state index contributed by atoms with van der Waals surface area (Å²) >= 11 is 0. The summed E-state index contributed by atoms with van der Waals surface area (Å²) in [6.07, 6.45) is 3.83. The Kier molecular flexibility index (Phi) is 2.58. The van der Waals surface area contributed by atoms with E-state index in [0.29, 0.717) is 11.8 Å². The number of aryl methyl sites for hydroxylation is 1. The third-order valence-corrected chi connectivity index (χ3v) is 4.64. The summed E-state index contributed by atoms with van der Waals surface area (Å²) in [5.41, 5.74) is 4.51. The molecule has 2 aliphatic rings. The SMILES string of the molecule is c1ccc2c(c1)CCCC2C1COc2ccccc21. The van der Waals surface area contributed by atoms with Gasteiger partial charge in [0.1, 0.15) is 5.75 Å². The summed E-state index contributed by atoms with van der Waals surface area (Å²) in [6, 6.07) is 17.5. The molecule has 0 fully saturated rings. The average Bonchev–Trinajstić information content (AvgIpc) is 2.90. The number of hydrogen-bond acceptors (Lipinski definition) is 1. The Balaban J connectivity index is 1.76. The molecule has 2 aromatic carbocycles. The highest BCUT2D eigenvalue weighted by molar-refractivity contribution is 5.44. The first-order valence-electron chi connectivity index (χ1n) is 7.23. The highest BCUT2D eigenvalue weighted by atomic mass is 16.5. The van der Waals surface area contributed by atoms with Crippen molar-refractivity contribution in [2.24, 2.45) is 0 Å². The van der Waals surface area contributed by atoms with Gasteiger partial charge in [-0.15, -0.1) is 0 Å². The Morgan fingerprint density at radius 1 is 0.842 bits per heavy atom. The van der Waals surface area contributed by atoms with Crippen molar-refractivity contribution >= 4 is 0 Å². The first kappa shape index (κ1) is 11.1. The minimum atomic E-state index is 0.539. The number of fused-ring (bicyclic) bond motifs is 2. The van der Waals surface area contributed by atoms with E-state index >= 15 is 0 Å². The smallest absolute Gasteiger partial charge is 0.122 e. The highest BCUT2D eigenvalue weighted by Gasteiger charge is 2.34. The second-order valence-corrected chi connectivity index (χ2v) is 5.65. The predicted molar refractivity (Wildman–Crippen MR) is 76.8 cm³/mol. The van der Waals surface area contributed by atoms with E-state index < -0.39 is 0 Å². The number of rotatable bonds is 1. The lowest BCUT2D eigenvalue weighted by Crippen LogP contribution is -2.18. The van der Waals surface area contributed by atoms with E-state index in [1.807, 2.05) is 0 Å². The molecule has 4 rings (SSSR count). The van der Waals surface area contributed by atoms with Crippen molar-refractivity contribution in [1.82, 2.24) is 0 Å². The zero-order valence-corrected chi connectivity index (χ0v) is 11.0. The Labute approximate surface area is 114 Å². The summed E-state index contributed by atoms with van der Waals surface area (Å²) in [5, 5.41) is 0. The van der Waals surface area contributed by atoms with Crippen molar-refractivity contribution in [1.29, 1.82) is 0 Å². The van der Waals surface area contributed by atoms with Crippen LogP contribution in [-0.4, -0.2) is 6.61 Å². The fourth-order valence-corrected chi connectivity index (χ4v) is 3.73. The molecule has 0 saturated carbocycles. The summed E-state index contributed by atoms with van der Waals surface area (Å²) in [5.74, 6) is 2.27. The Morgan fingerprint density at radius 2 is 1.63 bits per heavy atom. The van der Waals surface area contributed by atoms with Crippen LogP contribution >= 0.6 is 0 Å². The minimum Gasteiger partial charge on any atom is -0.493 e. The van der Waals surface area contributed by atoms with E-state index in [9.17, 15) is 0 Å². The molecule has 0 spiro atoms. The summed E-state index contributed by atoms with van der Waals surface area (Å²) in [6.45, 7) is 0.846. The van der Waals surface area contributed by atoms with Crippen LogP contribution in [0, 0.1) is 0 Å². The number of ether oxygens (including phenoxy) is 1. The van der Waals surface area contributed by atoms with Crippen molar-refractivity contribution in [3.05, 3.63) is 65.2 Å². The van der Waals surface area contributed by atoms with Crippen molar-refractivity contribution < 1.29 is 4.74 Å². The molecule has 0 N–H and O–H groups in total. The molecule has 0 bridgehead atoms. The molecule has 1 aliphatic heterocycles. The summed E-state index contributed by atoms with van der Waals surface area (Å²) < 4.78 is 5.88. The fraction of sp³-hybridized carbons (Fsp3) is 0.333. The van der Waals surface area contributed by atoms with Gasteiger partial charge in [-0.1, -0.05) is 42.5 Å². The lowest BCUT2D eigenvalue weighted by molar-refractivity contribution is 0.305. The molecule has 0 aromatic heterocycles. The average molecular weight is 250 g/mol. The van der Waals surface area contributed by atoms with E-state index in [1.165, 1.54) is 24.8 Å². The van der Waals surface area contributed by atoms with Crippen LogP contribution in [0.15, 0.2) is 48.5 Å². The van der Waals surface area contributed by atoms with Crippen LogP contribution < -0.4 is 4.74 Å². The molecule has 0 amide bonds. The number of hydrogen-bond donors (Lipinski definition) is 0. The summed E-state index contributed by atoms with van der Waals surface area (Å²) in [4.78, 5) is 0. The van der Waals surface area contributed by atoms with Gasteiger partial charge in [-0.25, -0.2) is 0 Å². The van der Waals surface area contributed by atoms with E-state index in [0.717, 1.165) is 12.4 Å². The molecule has 2 aromatic rings. The molecule has 1 heterocycles. The van der Waals surface area contributed by atoms with Gasteiger partial charge in [0.15, 0.2) is 0 Å². The quantitative estimate of drug-likeness (QED) is 0.734. The molecular weight excluding hydrogens is 232 g/mol. The molecule has 0 saturated heterocycles. The maximum Gasteiger partial charge on any atom is 0.122 e. The van der Waals surface area contributed by atoms with E-state index in [-0.39, 0.29) is 0 Å². The van der Waals surface area contributed by atoms with Crippen LogP contribution in [0.25, 0.3) is 0 Å². The second-order valence-electron chi connectivity index (χ2n) is 5.65. The van der Waals surface area contributed by atoms with Crippen molar-refractivity contribution in [3.8, 4) is 5.75 Å². The van der Waals surface area contributed by atoms with Gasteiger partial charge in [-0.2, -0.15) is 0 Å². The van der Waals surface area contributed by atoms with Crippen LogP contribution in [0.2, 0.25) is 0 Å². The first-order valence-corrected chi connectivity index (χ1v) is 7.23. The maximum atomic E-state index is 5.88. The molecule has 2 atom stereocenters. The number of benzene rings is 2. The molecule has 96 valence electrons. The van der Waals surface area contributed by atoms with Crippen molar-refractivity contribution in [2.75, 3.05) is 6.61 Å². The van der Waals surface area contributed by atoms with Gasteiger partial charge in [0.05, 0.1) is 6.61 Å². The molecule has 2 unspecified atom stereocenters. The van der Waals surface area contributed by atoms with Crippen LogP contribution in [0.1, 0.15) is 41.4 Å². The fourth-order valence-electron chi connectivity index (χ4n) is 3.73. The van der Waals surface area contributed by atoms with Gasteiger partial charge in [0.25, 0.3) is 0 Å². The first-order chi connectivity index (χ1) is 9.43. The minimum absolute atomic E-state index is 0.539. The van der Waals surface area contributed by atoms with E-state index in [1.54, 1.807) is 11.1 Å². The standard InChI is InChI=1S/C18H18O/c1-2-8-14-13(6-1)7-5-10-15(14)17-12-19-18-11-4-3-9-16(17)18/h1-4,6,8-9,11,15,17H,5,7,10,12H2. The molecule has 1 heteroatoms. The highest BCUT2D eigenvalue weighted by Crippen LogP contribution is 2.47. The van der Waals surface area contributed by atoms with Gasteiger partial charge < -0.3 is 4.74 Å². The van der Waals surface area contributed by atoms with Crippen LogP contribution in [0.4, 0.5) is 0 Å². The van der Waals surface area contributed by atoms with Gasteiger partial charge >= 0.3 is 0 Å². The van der Waals surface area contributed by atoms with Crippen molar-refractivity contribution in [3.63, 3.8) is 0 Å². The normalized spacial score (nSPS) is 24.4.